The molecule has 0 radical (unpaired) electrons. The van der Waals surface area contributed by atoms with Crippen molar-refractivity contribution >= 4 is 14.3 Å². The van der Waals surface area contributed by atoms with Crippen LogP contribution in [-0.2, 0) is 9.22 Å². The number of hydrazine groups is 1. The highest BCUT2D eigenvalue weighted by Crippen LogP contribution is 2.36. The van der Waals surface area contributed by atoms with Crippen LogP contribution in [0, 0.1) is 5.92 Å². The Balaban J connectivity index is 0.000000640. The van der Waals surface area contributed by atoms with Crippen molar-refractivity contribution in [3.05, 3.63) is 0 Å². The van der Waals surface area contributed by atoms with Gasteiger partial charge in [0.2, 0.25) is 0 Å². The van der Waals surface area contributed by atoms with Crippen molar-refractivity contribution in [3.8, 4) is 0 Å². The third-order valence-corrected chi connectivity index (χ3v) is 9.22. The lowest BCUT2D eigenvalue weighted by atomic mass is 9.95. The number of hydrogen-bond donors (Lipinski definition) is 2. The highest BCUT2D eigenvalue weighted by molar-refractivity contribution is 6.74. The van der Waals surface area contributed by atoms with Gasteiger partial charge in [-0.2, -0.15) is 13.2 Å². The Bertz CT molecular complexity index is 390. The zero-order chi connectivity index (χ0) is 19.2. The van der Waals surface area contributed by atoms with E-state index in [4.69, 9.17) is 20.2 Å². The number of carboxylic acids is 1. The Kier molecular flexibility index (Phi) is 8.92. The zero-order valence-corrected chi connectivity index (χ0v) is 16.2. The maximum atomic E-state index is 10.6. The highest BCUT2D eigenvalue weighted by Gasteiger charge is 2.38. The van der Waals surface area contributed by atoms with Gasteiger partial charge in [-0.05, 0) is 43.3 Å². The Morgan fingerprint density at radius 1 is 1.25 bits per heavy atom. The van der Waals surface area contributed by atoms with Crippen LogP contribution in [0.25, 0.3) is 0 Å². The predicted octanol–water partition coefficient (Wildman–Crippen LogP) is 3.62. The molecule has 3 N–H and O–H groups in total. The third kappa shape index (κ3) is 9.00. The molecule has 0 atom stereocenters. The van der Waals surface area contributed by atoms with E-state index in [1.54, 1.807) is 0 Å². The summed E-state index contributed by atoms with van der Waals surface area (Å²) in [6.07, 6.45) is -1.41. The van der Waals surface area contributed by atoms with E-state index in [-0.39, 0.29) is 0 Å². The minimum Gasteiger partial charge on any atom is -0.475 e. The van der Waals surface area contributed by atoms with E-state index in [1.807, 2.05) is 5.01 Å². The smallest absolute Gasteiger partial charge is 0.475 e. The van der Waals surface area contributed by atoms with Crippen LogP contribution < -0.4 is 5.84 Å². The van der Waals surface area contributed by atoms with E-state index in [2.05, 4.69) is 33.9 Å². The zero-order valence-electron chi connectivity index (χ0n) is 15.2. The summed E-state index contributed by atoms with van der Waals surface area (Å²) in [5.74, 6) is 3.82. The first-order valence-corrected chi connectivity index (χ1v) is 11.0. The number of piperidine rings is 1. The van der Waals surface area contributed by atoms with Crippen molar-refractivity contribution in [2.75, 3.05) is 19.7 Å². The van der Waals surface area contributed by atoms with Crippen LogP contribution in [0.1, 0.15) is 40.0 Å². The minimum atomic E-state index is -5.08. The number of nitrogens with zero attached hydrogens (tertiary/aromatic N) is 1. The Morgan fingerprint density at radius 2 is 1.67 bits per heavy atom. The van der Waals surface area contributed by atoms with Gasteiger partial charge in [0, 0.05) is 19.7 Å². The Hall–Kier alpha value is -0.643. The number of carboxylic acid groups (broad SMARTS) is 1. The summed E-state index contributed by atoms with van der Waals surface area (Å²) in [6.45, 7) is 14.6. The quantitative estimate of drug-likeness (QED) is 0.582. The number of hydrogen-bond acceptors (Lipinski definition) is 4. The Labute approximate surface area is 143 Å². The molecule has 1 aliphatic rings. The van der Waals surface area contributed by atoms with Crippen molar-refractivity contribution < 1.29 is 27.5 Å². The number of rotatable bonds is 4. The number of nitrogens with two attached hydrogens (primary N) is 1. The maximum Gasteiger partial charge on any atom is 0.490 e. The number of halogens is 3. The Morgan fingerprint density at radius 3 is 2.00 bits per heavy atom. The molecule has 1 heterocycles. The van der Waals surface area contributed by atoms with Crippen LogP contribution in [0.4, 0.5) is 13.2 Å². The minimum absolute atomic E-state index is 0.327. The van der Waals surface area contributed by atoms with Gasteiger partial charge in [-0.15, -0.1) is 0 Å². The summed E-state index contributed by atoms with van der Waals surface area (Å²) in [6, 6.07) is 0. The molecule has 0 aliphatic carbocycles. The molecule has 0 aromatic heterocycles. The summed E-state index contributed by atoms with van der Waals surface area (Å²) in [5, 5.41) is 9.39. The molecular formula is C15H31F3N2O3Si. The molecule has 0 unspecified atom stereocenters. The molecule has 1 saturated heterocycles. The van der Waals surface area contributed by atoms with Crippen LogP contribution in [0.2, 0.25) is 18.1 Å². The van der Waals surface area contributed by atoms with Crippen molar-refractivity contribution in [3.63, 3.8) is 0 Å². The lowest BCUT2D eigenvalue weighted by Crippen LogP contribution is -2.42. The molecule has 1 fully saturated rings. The van der Waals surface area contributed by atoms with Crippen molar-refractivity contribution in [2.24, 2.45) is 11.8 Å². The molecule has 0 saturated carbocycles. The maximum absolute atomic E-state index is 10.6. The molecule has 0 amide bonds. The molecule has 24 heavy (non-hydrogen) atoms. The molecule has 1 rings (SSSR count). The molecule has 5 nitrogen and oxygen atoms in total. The monoisotopic (exact) mass is 372 g/mol. The average molecular weight is 373 g/mol. The largest absolute Gasteiger partial charge is 0.490 e. The van der Waals surface area contributed by atoms with Gasteiger partial charge in [0.15, 0.2) is 8.32 Å². The molecule has 0 aromatic rings. The number of alkyl halides is 3. The number of aliphatic carboxylic acids is 1. The second kappa shape index (κ2) is 9.16. The van der Waals surface area contributed by atoms with E-state index in [0.717, 1.165) is 25.6 Å². The fourth-order valence-corrected chi connectivity index (χ4v) is 3.00. The van der Waals surface area contributed by atoms with Crippen LogP contribution in [-0.4, -0.2) is 50.3 Å². The molecule has 144 valence electrons. The fourth-order valence-electron chi connectivity index (χ4n) is 1.94. The summed E-state index contributed by atoms with van der Waals surface area (Å²) < 4.78 is 38.0. The molecule has 0 aromatic carbocycles. The first kappa shape index (κ1) is 23.4. The first-order valence-electron chi connectivity index (χ1n) is 8.10. The van der Waals surface area contributed by atoms with E-state index >= 15 is 0 Å². The summed E-state index contributed by atoms with van der Waals surface area (Å²) >= 11 is 0. The van der Waals surface area contributed by atoms with Gasteiger partial charge in [0.25, 0.3) is 0 Å². The molecule has 0 spiro atoms. The molecule has 1 aliphatic heterocycles. The van der Waals surface area contributed by atoms with Crippen molar-refractivity contribution in [2.45, 2.75) is 64.3 Å². The van der Waals surface area contributed by atoms with Crippen LogP contribution in [0.15, 0.2) is 0 Å². The van der Waals surface area contributed by atoms with E-state index in [0.29, 0.717) is 5.04 Å². The summed E-state index contributed by atoms with van der Waals surface area (Å²) in [4.78, 5) is 8.90. The normalized spacial score (nSPS) is 18.0. The SMILES string of the molecule is CC(C)(C)[Si](C)(C)OCCC1CCN(N)CC1.O=C(O)C(F)(F)F. The van der Waals surface area contributed by atoms with Crippen LogP contribution in [0.3, 0.4) is 0 Å². The summed E-state index contributed by atoms with van der Waals surface area (Å²) in [5.41, 5.74) is 0. The molecule has 0 bridgehead atoms. The van der Waals surface area contributed by atoms with E-state index in [9.17, 15) is 13.2 Å². The van der Waals surface area contributed by atoms with Gasteiger partial charge in [-0.25, -0.2) is 9.80 Å². The van der Waals surface area contributed by atoms with Gasteiger partial charge in [-0.1, -0.05) is 20.8 Å². The van der Waals surface area contributed by atoms with E-state index in [1.165, 1.54) is 19.3 Å². The first-order chi connectivity index (χ1) is 10.7. The predicted molar refractivity (Wildman–Crippen MR) is 89.9 cm³/mol. The second-order valence-corrected chi connectivity index (χ2v) is 12.5. The van der Waals surface area contributed by atoms with Crippen molar-refractivity contribution in [1.82, 2.24) is 5.01 Å². The molecular weight excluding hydrogens is 341 g/mol. The van der Waals surface area contributed by atoms with Gasteiger partial charge >= 0.3 is 12.1 Å². The number of carbonyl (C=O) groups is 1. The van der Waals surface area contributed by atoms with Gasteiger partial charge in [0.05, 0.1) is 0 Å². The second-order valence-electron chi connectivity index (χ2n) is 7.68. The van der Waals surface area contributed by atoms with Gasteiger partial charge < -0.3 is 9.53 Å². The van der Waals surface area contributed by atoms with Crippen molar-refractivity contribution in [1.29, 1.82) is 0 Å². The average Bonchev–Trinajstić information content (AvgIpc) is 2.39. The van der Waals surface area contributed by atoms with Gasteiger partial charge in [0.1, 0.15) is 0 Å². The van der Waals surface area contributed by atoms with Crippen LogP contribution in [0.5, 0.6) is 0 Å². The fraction of sp³-hybridized carbons (Fsp3) is 0.933. The summed E-state index contributed by atoms with van der Waals surface area (Å²) in [7, 11) is -1.54. The van der Waals surface area contributed by atoms with E-state index < -0.39 is 20.5 Å². The van der Waals surface area contributed by atoms with Crippen LogP contribution >= 0.6 is 0 Å². The third-order valence-electron chi connectivity index (χ3n) is 4.69. The topological polar surface area (TPSA) is 75.8 Å². The standard InChI is InChI=1S/C13H30N2OSi.C2HF3O2/c1-13(2,3)17(4,5)16-11-8-12-6-9-15(14)10-7-12;3-2(4,5)1(6)7/h12H,6-11,14H2,1-5H3;(H,6,7). The lowest BCUT2D eigenvalue weighted by molar-refractivity contribution is -0.192. The molecule has 9 heteroatoms. The highest BCUT2D eigenvalue weighted by atomic mass is 28.4. The van der Waals surface area contributed by atoms with Gasteiger partial charge in [-0.3, -0.25) is 5.84 Å². The lowest BCUT2D eigenvalue weighted by Gasteiger charge is -2.37.